The number of hydrogen-bond donors (Lipinski definition) is 1. The molecule has 0 aliphatic carbocycles. The summed E-state index contributed by atoms with van der Waals surface area (Å²) in [6, 6.07) is 7.64. The molecule has 1 N–H and O–H groups in total. The lowest BCUT2D eigenvalue weighted by Gasteiger charge is -2.28. The first kappa shape index (κ1) is 11.4. The summed E-state index contributed by atoms with van der Waals surface area (Å²) in [7, 11) is 1.68. The zero-order valence-corrected chi connectivity index (χ0v) is 10.3. The van der Waals surface area contributed by atoms with Gasteiger partial charge in [0.15, 0.2) is 0 Å². The first-order valence-corrected chi connectivity index (χ1v) is 6.09. The van der Waals surface area contributed by atoms with E-state index in [0.717, 1.165) is 29.9 Å². The standard InChI is InChI=1S/C14H16N2O2/c1-9-10-5-3-4-6-11(10)14(17)16(9)12-7-15-8-13(12)18-2/h3-6,12-13,15H,1,7-8H2,2H3/t12?,13-/m0/s1. The maximum atomic E-state index is 12.4. The second kappa shape index (κ2) is 4.23. The zero-order chi connectivity index (χ0) is 12.7. The van der Waals surface area contributed by atoms with Crippen molar-refractivity contribution >= 4 is 11.6 Å². The van der Waals surface area contributed by atoms with Crippen LogP contribution in [0.2, 0.25) is 0 Å². The summed E-state index contributed by atoms with van der Waals surface area (Å²) in [5.74, 6) is 0.0337. The predicted octanol–water partition coefficient (Wildman–Crippen LogP) is 1.10. The first-order valence-electron chi connectivity index (χ1n) is 6.09. The molecule has 0 spiro atoms. The summed E-state index contributed by atoms with van der Waals surface area (Å²) in [6.07, 6.45) is 0.0278. The van der Waals surface area contributed by atoms with Crippen LogP contribution in [-0.2, 0) is 4.74 Å². The van der Waals surface area contributed by atoms with Crippen LogP contribution in [0.4, 0.5) is 0 Å². The smallest absolute Gasteiger partial charge is 0.259 e. The molecular weight excluding hydrogens is 228 g/mol. The lowest BCUT2D eigenvalue weighted by atomic mass is 10.1. The van der Waals surface area contributed by atoms with Crippen molar-refractivity contribution in [3.63, 3.8) is 0 Å². The molecule has 94 valence electrons. The summed E-state index contributed by atoms with van der Waals surface area (Å²) in [4.78, 5) is 14.2. The highest BCUT2D eigenvalue weighted by atomic mass is 16.5. The maximum absolute atomic E-state index is 12.4. The Morgan fingerprint density at radius 2 is 2.06 bits per heavy atom. The minimum Gasteiger partial charge on any atom is -0.378 e. The van der Waals surface area contributed by atoms with Crippen molar-refractivity contribution in [2.24, 2.45) is 0 Å². The van der Waals surface area contributed by atoms with E-state index < -0.39 is 0 Å². The van der Waals surface area contributed by atoms with E-state index in [9.17, 15) is 4.79 Å². The van der Waals surface area contributed by atoms with E-state index in [-0.39, 0.29) is 18.1 Å². The van der Waals surface area contributed by atoms with Crippen molar-refractivity contribution in [2.75, 3.05) is 20.2 Å². The molecule has 0 bridgehead atoms. The van der Waals surface area contributed by atoms with Gasteiger partial charge in [-0.15, -0.1) is 0 Å². The van der Waals surface area contributed by atoms with Gasteiger partial charge in [-0.1, -0.05) is 24.8 Å². The molecule has 1 aromatic rings. The van der Waals surface area contributed by atoms with Crippen molar-refractivity contribution in [3.8, 4) is 0 Å². The fourth-order valence-corrected chi connectivity index (χ4v) is 2.79. The van der Waals surface area contributed by atoms with Crippen LogP contribution in [0.5, 0.6) is 0 Å². The number of carbonyl (C=O) groups excluding carboxylic acids is 1. The van der Waals surface area contributed by atoms with Crippen LogP contribution in [-0.4, -0.2) is 43.2 Å². The molecule has 1 unspecified atom stereocenters. The lowest BCUT2D eigenvalue weighted by Crippen LogP contribution is -2.43. The van der Waals surface area contributed by atoms with E-state index >= 15 is 0 Å². The van der Waals surface area contributed by atoms with Gasteiger partial charge in [0.25, 0.3) is 5.91 Å². The second-order valence-electron chi connectivity index (χ2n) is 4.67. The van der Waals surface area contributed by atoms with Crippen LogP contribution >= 0.6 is 0 Å². The number of ether oxygens (including phenoxy) is 1. The van der Waals surface area contributed by atoms with E-state index in [2.05, 4.69) is 11.9 Å². The molecule has 2 heterocycles. The number of methoxy groups -OCH3 is 1. The molecule has 1 amide bonds. The molecule has 1 fully saturated rings. The fourth-order valence-electron chi connectivity index (χ4n) is 2.79. The minimum atomic E-state index is 0.0278. The Kier molecular flexibility index (Phi) is 2.69. The Morgan fingerprint density at radius 3 is 2.72 bits per heavy atom. The van der Waals surface area contributed by atoms with Crippen LogP contribution in [0.3, 0.4) is 0 Å². The van der Waals surface area contributed by atoms with Crippen molar-refractivity contribution < 1.29 is 9.53 Å². The average Bonchev–Trinajstić information content (AvgIpc) is 2.95. The molecule has 1 saturated heterocycles. The van der Waals surface area contributed by atoms with Crippen LogP contribution in [0.15, 0.2) is 30.8 Å². The minimum absolute atomic E-state index is 0.0278. The van der Waals surface area contributed by atoms with Gasteiger partial charge < -0.3 is 15.0 Å². The number of nitrogens with zero attached hydrogens (tertiary/aromatic N) is 1. The summed E-state index contributed by atoms with van der Waals surface area (Å²) < 4.78 is 5.43. The SMILES string of the molecule is C=C1c2ccccc2C(=O)N1C1CNC[C@@H]1OC. The highest BCUT2D eigenvalue weighted by Gasteiger charge is 2.41. The van der Waals surface area contributed by atoms with E-state index in [1.807, 2.05) is 24.3 Å². The van der Waals surface area contributed by atoms with E-state index in [0.29, 0.717) is 0 Å². The molecule has 2 atom stereocenters. The van der Waals surface area contributed by atoms with Crippen molar-refractivity contribution in [1.29, 1.82) is 0 Å². The van der Waals surface area contributed by atoms with Gasteiger partial charge in [-0.25, -0.2) is 0 Å². The number of fused-ring (bicyclic) bond motifs is 1. The Labute approximate surface area is 106 Å². The molecule has 2 aliphatic rings. The topological polar surface area (TPSA) is 41.6 Å². The number of hydrogen-bond acceptors (Lipinski definition) is 3. The van der Waals surface area contributed by atoms with E-state index in [1.165, 1.54) is 0 Å². The van der Waals surface area contributed by atoms with Gasteiger partial charge in [0, 0.05) is 37.0 Å². The van der Waals surface area contributed by atoms with Crippen molar-refractivity contribution in [2.45, 2.75) is 12.1 Å². The predicted molar refractivity (Wildman–Crippen MR) is 69.1 cm³/mol. The molecule has 3 rings (SSSR count). The molecule has 0 radical (unpaired) electrons. The third kappa shape index (κ3) is 1.50. The van der Waals surface area contributed by atoms with Gasteiger partial charge in [-0.05, 0) is 6.07 Å². The Hall–Kier alpha value is -1.65. The first-order chi connectivity index (χ1) is 8.74. The van der Waals surface area contributed by atoms with Gasteiger partial charge in [0.05, 0.1) is 12.1 Å². The quantitative estimate of drug-likeness (QED) is 0.847. The van der Waals surface area contributed by atoms with Gasteiger partial charge >= 0.3 is 0 Å². The summed E-state index contributed by atoms with van der Waals surface area (Å²) in [5.41, 5.74) is 2.46. The highest BCUT2D eigenvalue weighted by Crippen LogP contribution is 2.34. The summed E-state index contributed by atoms with van der Waals surface area (Å²) in [5, 5.41) is 3.26. The van der Waals surface area contributed by atoms with E-state index in [1.54, 1.807) is 12.0 Å². The monoisotopic (exact) mass is 244 g/mol. The van der Waals surface area contributed by atoms with Crippen LogP contribution in [0, 0.1) is 0 Å². The van der Waals surface area contributed by atoms with Crippen LogP contribution in [0.1, 0.15) is 15.9 Å². The molecule has 1 aromatic carbocycles. The normalized spacial score (nSPS) is 26.8. The van der Waals surface area contributed by atoms with Crippen LogP contribution in [0.25, 0.3) is 5.70 Å². The molecule has 2 aliphatic heterocycles. The van der Waals surface area contributed by atoms with Crippen LogP contribution < -0.4 is 5.32 Å². The maximum Gasteiger partial charge on any atom is 0.259 e. The molecule has 0 saturated carbocycles. The molecule has 4 heteroatoms. The lowest BCUT2D eigenvalue weighted by molar-refractivity contribution is 0.0525. The number of benzene rings is 1. The molecule has 4 nitrogen and oxygen atoms in total. The Balaban J connectivity index is 1.97. The number of nitrogens with one attached hydrogen (secondary N) is 1. The average molecular weight is 244 g/mol. The van der Waals surface area contributed by atoms with Gasteiger partial charge in [-0.2, -0.15) is 0 Å². The Bertz CT molecular complexity index is 477. The number of rotatable bonds is 2. The van der Waals surface area contributed by atoms with Crippen molar-refractivity contribution in [3.05, 3.63) is 42.0 Å². The fraction of sp³-hybridized carbons (Fsp3) is 0.357. The highest BCUT2D eigenvalue weighted by molar-refractivity contribution is 6.09. The van der Waals surface area contributed by atoms with Gasteiger partial charge in [0.1, 0.15) is 0 Å². The van der Waals surface area contributed by atoms with Crippen molar-refractivity contribution in [1.82, 2.24) is 10.2 Å². The largest absolute Gasteiger partial charge is 0.378 e. The molecular formula is C14H16N2O2. The molecule has 0 aromatic heterocycles. The van der Waals surface area contributed by atoms with E-state index in [4.69, 9.17) is 4.74 Å². The third-order valence-electron chi connectivity index (χ3n) is 3.74. The second-order valence-corrected chi connectivity index (χ2v) is 4.67. The Morgan fingerprint density at radius 1 is 1.33 bits per heavy atom. The summed E-state index contributed by atoms with van der Waals surface area (Å²) in [6.45, 7) is 5.58. The van der Waals surface area contributed by atoms with Gasteiger partial charge in [-0.3, -0.25) is 4.79 Å². The van der Waals surface area contributed by atoms with Gasteiger partial charge in [0.2, 0.25) is 0 Å². The number of carbonyl (C=O) groups is 1. The number of amides is 1. The zero-order valence-electron chi connectivity index (χ0n) is 10.3. The third-order valence-corrected chi connectivity index (χ3v) is 3.74. The molecule has 18 heavy (non-hydrogen) atoms. The summed E-state index contributed by atoms with van der Waals surface area (Å²) >= 11 is 0.